The topological polar surface area (TPSA) is 35.5 Å². The number of esters is 1. The lowest BCUT2D eigenvalue weighted by Gasteiger charge is -2.08. The van der Waals surface area contributed by atoms with Crippen LogP contribution in [0.3, 0.4) is 0 Å². The maximum atomic E-state index is 13.6. The number of hydrogen-bond donors (Lipinski definition) is 0. The molecule has 98 valence electrons. The van der Waals surface area contributed by atoms with Gasteiger partial charge in [-0.3, -0.25) is 4.79 Å². The van der Waals surface area contributed by atoms with Crippen LogP contribution in [0.5, 0.6) is 11.5 Å². The van der Waals surface area contributed by atoms with Crippen molar-refractivity contribution in [1.29, 1.82) is 0 Å². The van der Waals surface area contributed by atoms with Crippen molar-refractivity contribution in [2.24, 2.45) is 0 Å². The van der Waals surface area contributed by atoms with E-state index >= 15 is 0 Å². The Morgan fingerprint density at radius 3 is 2.58 bits per heavy atom. The van der Waals surface area contributed by atoms with Gasteiger partial charge in [-0.05, 0) is 29.8 Å². The molecule has 19 heavy (non-hydrogen) atoms. The van der Waals surface area contributed by atoms with E-state index in [9.17, 15) is 9.18 Å². The first-order valence-electron chi connectivity index (χ1n) is 5.77. The van der Waals surface area contributed by atoms with Gasteiger partial charge in [0.15, 0.2) is 11.6 Å². The molecular weight excluding hydrogens is 247 g/mol. The number of carbonyl (C=O) groups is 1. The Kier molecular flexibility index (Phi) is 4.13. The van der Waals surface area contributed by atoms with Gasteiger partial charge >= 0.3 is 5.97 Å². The van der Waals surface area contributed by atoms with Crippen molar-refractivity contribution in [2.75, 3.05) is 7.11 Å². The van der Waals surface area contributed by atoms with Crippen molar-refractivity contribution in [3.8, 4) is 11.5 Å². The van der Waals surface area contributed by atoms with Crippen LogP contribution in [0.4, 0.5) is 4.39 Å². The largest absolute Gasteiger partial charge is 0.469 e. The minimum absolute atomic E-state index is 0.0852. The lowest BCUT2D eigenvalue weighted by molar-refractivity contribution is -0.139. The SMILES string of the molecule is COC(=O)Cc1ccc(F)c(Oc2ccccc2)c1. The maximum absolute atomic E-state index is 13.6. The first kappa shape index (κ1) is 13.1. The van der Waals surface area contributed by atoms with E-state index in [4.69, 9.17) is 4.74 Å². The van der Waals surface area contributed by atoms with Crippen LogP contribution >= 0.6 is 0 Å². The molecule has 0 bridgehead atoms. The Balaban J connectivity index is 2.20. The zero-order valence-electron chi connectivity index (χ0n) is 10.4. The van der Waals surface area contributed by atoms with Gasteiger partial charge in [0.1, 0.15) is 5.75 Å². The summed E-state index contributed by atoms with van der Waals surface area (Å²) in [5.41, 5.74) is 0.638. The van der Waals surface area contributed by atoms with Crippen LogP contribution in [-0.2, 0) is 16.0 Å². The molecule has 0 N–H and O–H groups in total. The third-order valence-electron chi connectivity index (χ3n) is 2.54. The highest BCUT2D eigenvalue weighted by atomic mass is 19.1. The summed E-state index contributed by atoms with van der Waals surface area (Å²) in [7, 11) is 1.31. The van der Waals surface area contributed by atoms with Crippen molar-refractivity contribution < 1.29 is 18.7 Å². The van der Waals surface area contributed by atoms with Crippen LogP contribution in [0.2, 0.25) is 0 Å². The van der Waals surface area contributed by atoms with Gasteiger partial charge in [0.2, 0.25) is 0 Å². The molecule has 0 spiro atoms. The first-order chi connectivity index (χ1) is 9.19. The van der Waals surface area contributed by atoms with Crippen molar-refractivity contribution in [1.82, 2.24) is 0 Å². The third-order valence-corrected chi connectivity index (χ3v) is 2.54. The molecule has 4 heteroatoms. The number of para-hydroxylation sites is 1. The van der Waals surface area contributed by atoms with E-state index < -0.39 is 5.82 Å². The second-order valence-electron chi connectivity index (χ2n) is 3.93. The molecule has 0 amide bonds. The number of benzene rings is 2. The molecular formula is C15H13FO3. The summed E-state index contributed by atoms with van der Waals surface area (Å²) in [5, 5.41) is 0. The molecule has 3 nitrogen and oxygen atoms in total. The Bertz CT molecular complexity index is 567. The van der Waals surface area contributed by atoms with Crippen LogP contribution in [0, 0.1) is 5.82 Å². The number of carbonyl (C=O) groups excluding carboxylic acids is 1. The molecule has 0 heterocycles. The Morgan fingerprint density at radius 1 is 1.16 bits per heavy atom. The van der Waals surface area contributed by atoms with Gasteiger partial charge in [-0.2, -0.15) is 0 Å². The summed E-state index contributed by atoms with van der Waals surface area (Å²) < 4.78 is 23.6. The highest BCUT2D eigenvalue weighted by molar-refractivity contribution is 5.72. The normalized spacial score (nSPS) is 10.0. The van der Waals surface area contributed by atoms with E-state index in [-0.39, 0.29) is 18.1 Å². The predicted molar refractivity (Wildman–Crippen MR) is 68.6 cm³/mol. The van der Waals surface area contributed by atoms with Gasteiger partial charge in [0.25, 0.3) is 0 Å². The van der Waals surface area contributed by atoms with Crippen LogP contribution in [0.15, 0.2) is 48.5 Å². The van der Waals surface area contributed by atoms with E-state index in [1.165, 1.54) is 25.3 Å². The fourth-order valence-electron chi connectivity index (χ4n) is 1.59. The predicted octanol–water partition coefficient (Wildman–Crippen LogP) is 3.33. The van der Waals surface area contributed by atoms with Crippen LogP contribution in [0.1, 0.15) is 5.56 Å². The third kappa shape index (κ3) is 3.55. The summed E-state index contributed by atoms with van der Waals surface area (Å²) in [6.45, 7) is 0. The first-order valence-corrected chi connectivity index (χ1v) is 5.77. The maximum Gasteiger partial charge on any atom is 0.309 e. The smallest absolute Gasteiger partial charge is 0.309 e. The molecule has 0 radical (unpaired) electrons. The highest BCUT2D eigenvalue weighted by Crippen LogP contribution is 2.25. The zero-order chi connectivity index (χ0) is 13.7. The van der Waals surface area contributed by atoms with Gasteiger partial charge < -0.3 is 9.47 Å². The summed E-state index contributed by atoms with van der Waals surface area (Å²) in [4.78, 5) is 11.2. The molecule has 2 aromatic carbocycles. The lowest BCUT2D eigenvalue weighted by atomic mass is 10.1. The summed E-state index contributed by atoms with van der Waals surface area (Å²) in [6, 6.07) is 13.2. The molecule has 0 saturated carbocycles. The monoisotopic (exact) mass is 260 g/mol. The molecule has 0 aliphatic heterocycles. The van der Waals surface area contributed by atoms with Crippen molar-refractivity contribution >= 4 is 5.97 Å². The van der Waals surface area contributed by atoms with Gasteiger partial charge in [0, 0.05) is 0 Å². The average molecular weight is 260 g/mol. The summed E-state index contributed by atoms with van der Waals surface area (Å²) in [6.07, 6.45) is 0.0852. The number of ether oxygens (including phenoxy) is 2. The van der Waals surface area contributed by atoms with Crippen molar-refractivity contribution in [3.63, 3.8) is 0 Å². The Labute approximate surface area is 110 Å². The van der Waals surface area contributed by atoms with Crippen LogP contribution in [0.25, 0.3) is 0 Å². The minimum atomic E-state index is -0.475. The summed E-state index contributed by atoms with van der Waals surface area (Å²) >= 11 is 0. The molecule has 0 atom stereocenters. The summed E-state index contributed by atoms with van der Waals surface area (Å²) in [5.74, 6) is -0.223. The fraction of sp³-hybridized carbons (Fsp3) is 0.133. The molecule has 0 unspecified atom stereocenters. The highest BCUT2D eigenvalue weighted by Gasteiger charge is 2.09. The minimum Gasteiger partial charge on any atom is -0.469 e. The Hall–Kier alpha value is -2.36. The number of rotatable bonds is 4. The van der Waals surface area contributed by atoms with Gasteiger partial charge in [-0.1, -0.05) is 24.3 Å². The standard InChI is InChI=1S/C15H13FO3/c1-18-15(17)10-11-7-8-13(16)14(9-11)19-12-5-3-2-4-6-12/h2-9H,10H2,1H3. The van der Waals surface area contributed by atoms with E-state index in [2.05, 4.69) is 4.74 Å². The van der Waals surface area contributed by atoms with Gasteiger partial charge in [-0.25, -0.2) is 4.39 Å². The van der Waals surface area contributed by atoms with E-state index in [0.29, 0.717) is 11.3 Å². The van der Waals surface area contributed by atoms with E-state index in [0.717, 1.165) is 0 Å². The molecule has 0 aromatic heterocycles. The quantitative estimate of drug-likeness (QED) is 0.791. The van der Waals surface area contributed by atoms with E-state index in [1.807, 2.05) is 6.07 Å². The molecule has 0 saturated heterocycles. The van der Waals surface area contributed by atoms with Gasteiger partial charge in [0.05, 0.1) is 13.5 Å². The number of methoxy groups -OCH3 is 1. The van der Waals surface area contributed by atoms with Crippen molar-refractivity contribution in [3.05, 3.63) is 59.9 Å². The molecule has 2 rings (SSSR count). The number of hydrogen-bond acceptors (Lipinski definition) is 3. The molecule has 0 aliphatic carbocycles. The van der Waals surface area contributed by atoms with Crippen molar-refractivity contribution in [2.45, 2.75) is 6.42 Å². The van der Waals surface area contributed by atoms with Crippen LogP contribution < -0.4 is 4.74 Å². The average Bonchev–Trinajstić information content (AvgIpc) is 2.43. The molecule has 0 fully saturated rings. The fourth-order valence-corrected chi connectivity index (χ4v) is 1.59. The van der Waals surface area contributed by atoms with Gasteiger partial charge in [-0.15, -0.1) is 0 Å². The lowest BCUT2D eigenvalue weighted by Crippen LogP contribution is -2.04. The van der Waals surface area contributed by atoms with E-state index in [1.54, 1.807) is 24.3 Å². The number of halogens is 1. The second-order valence-corrected chi connectivity index (χ2v) is 3.93. The zero-order valence-corrected chi connectivity index (χ0v) is 10.4. The second kappa shape index (κ2) is 6.00. The Morgan fingerprint density at radius 2 is 1.89 bits per heavy atom. The molecule has 0 aliphatic rings. The van der Waals surface area contributed by atoms with Crippen LogP contribution in [-0.4, -0.2) is 13.1 Å². The molecule has 2 aromatic rings.